The zero-order chi connectivity index (χ0) is 24.6. The molecule has 0 saturated heterocycles. The molecular formula is C26H26N4O4. The monoisotopic (exact) mass is 458 g/mol. The van der Waals surface area contributed by atoms with Crippen molar-refractivity contribution >= 4 is 34.3 Å². The minimum Gasteiger partial charge on any atom is -0.496 e. The number of nitrogens with zero attached hydrogens (tertiary/aromatic N) is 3. The first-order chi connectivity index (χ1) is 16.2. The molecule has 2 heterocycles. The van der Waals surface area contributed by atoms with Gasteiger partial charge in [0.15, 0.2) is 0 Å². The van der Waals surface area contributed by atoms with Crippen molar-refractivity contribution in [3.05, 3.63) is 59.0 Å². The molecule has 0 radical (unpaired) electrons. The van der Waals surface area contributed by atoms with Crippen LogP contribution in [0.4, 0.5) is 4.79 Å². The van der Waals surface area contributed by atoms with E-state index in [1.165, 1.54) is 4.57 Å². The van der Waals surface area contributed by atoms with E-state index in [0.29, 0.717) is 28.2 Å². The number of imidazole rings is 1. The Balaban J connectivity index is 1.93. The average molecular weight is 459 g/mol. The van der Waals surface area contributed by atoms with E-state index in [-0.39, 0.29) is 6.42 Å². The molecule has 8 nitrogen and oxygen atoms in total. The topological polar surface area (TPSA) is 110 Å². The van der Waals surface area contributed by atoms with Gasteiger partial charge in [0.1, 0.15) is 23.5 Å². The zero-order valence-corrected chi connectivity index (χ0v) is 19.8. The molecule has 0 spiro atoms. The number of aryl methyl sites for hydroxylation is 1. The minimum atomic E-state index is -0.645. The summed E-state index contributed by atoms with van der Waals surface area (Å²) < 4.78 is 12.8. The maximum absolute atomic E-state index is 12.9. The number of hydrogen-bond donors (Lipinski definition) is 1. The summed E-state index contributed by atoms with van der Waals surface area (Å²) >= 11 is 0. The Morgan fingerprint density at radius 3 is 2.71 bits per heavy atom. The van der Waals surface area contributed by atoms with Crippen molar-refractivity contribution in [2.45, 2.75) is 45.6 Å². The molecule has 1 unspecified atom stereocenters. The number of nitrogens with one attached hydrogen (secondary N) is 1. The SMILES string of the molecule is COc1cc(C)c2c(ccn2C(=O)OC(C)(C)C)c1C(CC=O)c1nc2cc(C#N)ccc2[nH]1. The Morgan fingerprint density at radius 1 is 1.29 bits per heavy atom. The van der Waals surface area contributed by atoms with Gasteiger partial charge >= 0.3 is 6.09 Å². The zero-order valence-electron chi connectivity index (χ0n) is 19.8. The van der Waals surface area contributed by atoms with E-state index in [2.05, 4.69) is 11.1 Å². The largest absolute Gasteiger partial charge is 0.496 e. The van der Waals surface area contributed by atoms with Crippen LogP contribution in [0, 0.1) is 18.3 Å². The second-order valence-electron chi connectivity index (χ2n) is 9.16. The molecule has 0 bridgehead atoms. The molecule has 0 fully saturated rings. The quantitative estimate of drug-likeness (QED) is 0.411. The smallest absolute Gasteiger partial charge is 0.419 e. The van der Waals surface area contributed by atoms with Crippen LogP contribution in [0.25, 0.3) is 21.9 Å². The van der Waals surface area contributed by atoms with Gasteiger partial charge in [-0.05, 0) is 63.6 Å². The molecule has 8 heteroatoms. The van der Waals surface area contributed by atoms with E-state index >= 15 is 0 Å². The van der Waals surface area contributed by atoms with E-state index in [9.17, 15) is 14.9 Å². The number of hydrogen-bond acceptors (Lipinski definition) is 6. The number of fused-ring (bicyclic) bond motifs is 2. The Hall–Kier alpha value is -4.12. The summed E-state index contributed by atoms with van der Waals surface area (Å²) in [5, 5.41) is 9.99. The van der Waals surface area contributed by atoms with Crippen molar-refractivity contribution in [3.63, 3.8) is 0 Å². The first kappa shape index (κ1) is 23.1. The Morgan fingerprint density at radius 2 is 2.06 bits per heavy atom. The lowest BCUT2D eigenvalue weighted by molar-refractivity contribution is -0.108. The van der Waals surface area contributed by atoms with Gasteiger partial charge < -0.3 is 19.3 Å². The van der Waals surface area contributed by atoms with E-state index in [1.54, 1.807) is 31.5 Å². The number of ether oxygens (including phenoxy) is 2. The molecule has 1 N–H and O–H groups in total. The number of rotatable bonds is 5. The number of carbonyl (C=O) groups is 2. The predicted octanol–water partition coefficient (Wildman–Crippen LogP) is 5.21. The van der Waals surface area contributed by atoms with Crippen molar-refractivity contribution in [1.29, 1.82) is 5.26 Å². The molecule has 2 aromatic heterocycles. The van der Waals surface area contributed by atoms with Gasteiger partial charge in [-0.2, -0.15) is 5.26 Å². The van der Waals surface area contributed by atoms with Crippen LogP contribution in [-0.4, -0.2) is 39.6 Å². The first-order valence-corrected chi connectivity index (χ1v) is 10.9. The van der Waals surface area contributed by atoms with Crippen LogP contribution in [0.1, 0.15) is 55.6 Å². The van der Waals surface area contributed by atoms with E-state index in [4.69, 9.17) is 14.5 Å². The van der Waals surface area contributed by atoms with Gasteiger partial charge in [-0.15, -0.1) is 0 Å². The second-order valence-corrected chi connectivity index (χ2v) is 9.16. The third-order valence-electron chi connectivity index (χ3n) is 5.61. The number of aromatic nitrogens is 3. The second kappa shape index (κ2) is 8.67. The molecule has 0 aliphatic rings. The summed E-state index contributed by atoms with van der Waals surface area (Å²) in [6, 6.07) is 11.0. The summed E-state index contributed by atoms with van der Waals surface area (Å²) in [5.41, 5.74) is 3.52. The summed E-state index contributed by atoms with van der Waals surface area (Å²) in [6.07, 6.45) is 2.18. The fourth-order valence-electron chi connectivity index (χ4n) is 4.24. The van der Waals surface area contributed by atoms with Gasteiger partial charge in [-0.3, -0.25) is 4.57 Å². The van der Waals surface area contributed by atoms with Gasteiger partial charge in [-0.25, -0.2) is 9.78 Å². The molecule has 1 atom stereocenters. The van der Waals surface area contributed by atoms with Gasteiger partial charge in [0.2, 0.25) is 0 Å². The number of carbonyl (C=O) groups excluding carboxylic acids is 2. The molecule has 174 valence electrons. The third kappa shape index (κ3) is 4.13. The van der Waals surface area contributed by atoms with Crippen LogP contribution in [0.2, 0.25) is 0 Å². The Bertz CT molecular complexity index is 1450. The van der Waals surface area contributed by atoms with Gasteiger partial charge in [0, 0.05) is 23.6 Å². The van der Waals surface area contributed by atoms with Crippen LogP contribution in [0.3, 0.4) is 0 Å². The predicted molar refractivity (Wildman–Crippen MR) is 128 cm³/mol. The highest BCUT2D eigenvalue weighted by Gasteiger charge is 2.28. The van der Waals surface area contributed by atoms with E-state index < -0.39 is 17.6 Å². The maximum atomic E-state index is 12.9. The molecule has 4 rings (SSSR count). The van der Waals surface area contributed by atoms with Crippen molar-refractivity contribution in [2.75, 3.05) is 7.11 Å². The van der Waals surface area contributed by atoms with Crippen LogP contribution in [0.15, 0.2) is 36.5 Å². The van der Waals surface area contributed by atoms with Crippen molar-refractivity contribution in [3.8, 4) is 11.8 Å². The summed E-state index contributed by atoms with van der Waals surface area (Å²) in [5.74, 6) is 0.714. The normalized spacial score (nSPS) is 12.5. The lowest BCUT2D eigenvalue weighted by atomic mass is 9.90. The molecule has 0 saturated carbocycles. The summed E-state index contributed by atoms with van der Waals surface area (Å²) in [7, 11) is 1.57. The molecule has 4 aromatic rings. The van der Waals surface area contributed by atoms with Crippen molar-refractivity contribution in [1.82, 2.24) is 14.5 Å². The number of nitriles is 1. The molecule has 0 aliphatic heterocycles. The highest BCUT2D eigenvalue weighted by Crippen LogP contribution is 2.41. The van der Waals surface area contributed by atoms with Gasteiger partial charge in [0.25, 0.3) is 0 Å². The minimum absolute atomic E-state index is 0.150. The van der Waals surface area contributed by atoms with Crippen LogP contribution in [0.5, 0.6) is 5.75 Å². The van der Waals surface area contributed by atoms with E-state index in [1.807, 2.05) is 39.8 Å². The molecular weight excluding hydrogens is 432 g/mol. The number of methoxy groups -OCH3 is 1. The van der Waals surface area contributed by atoms with Gasteiger partial charge in [0.05, 0.1) is 41.2 Å². The van der Waals surface area contributed by atoms with Crippen LogP contribution in [-0.2, 0) is 9.53 Å². The number of H-pyrrole nitrogens is 1. The molecule has 2 aromatic carbocycles. The number of aldehydes is 1. The summed E-state index contributed by atoms with van der Waals surface area (Å²) in [4.78, 5) is 32.6. The fraction of sp³-hybridized carbons (Fsp3) is 0.308. The number of aromatic amines is 1. The van der Waals surface area contributed by atoms with Crippen molar-refractivity contribution < 1.29 is 19.1 Å². The van der Waals surface area contributed by atoms with Crippen LogP contribution >= 0.6 is 0 Å². The van der Waals surface area contributed by atoms with Crippen LogP contribution < -0.4 is 4.74 Å². The maximum Gasteiger partial charge on any atom is 0.419 e. The lowest BCUT2D eigenvalue weighted by Gasteiger charge is -2.21. The standard InChI is InChI=1S/C26H26N4O4/c1-15-12-21(33-5)22(17-8-10-30(23(15)17)25(32)34-26(2,3)4)18(9-11-31)24-28-19-7-6-16(14-27)13-20(19)29-24/h6-8,10-13,18H,9H2,1-5H3,(H,28,29). The Labute approximate surface area is 197 Å². The highest BCUT2D eigenvalue weighted by molar-refractivity contribution is 5.96. The molecule has 0 aliphatic carbocycles. The van der Waals surface area contributed by atoms with Crippen molar-refractivity contribution in [2.24, 2.45) is 0 Å². The summed E-state index contributed by atoms with van der Waals surface area (Å²) in [6.45, 7) is 7.35. The third-order valence-corrected chi connectivity index (χ3v) is 5.61. The average Bonchev–Trinajstić information content (AvgIpc) is 3.41. The van der Waals surface area contributed by atoms with E-state index in [0.717, 1.165) is 28.3 Å². The number of benzene rings is 2. The molecule has 0 amide bonds. The molecule has 34 heavy (non-hydrogen) atoms. The first-order valence-electron chi connectivity index (χ1n) is 10.9. The van der Waals surface area contributed by atoms with Gasteiger partial charge in [-0.1, -0.05) is 0 Å². The highest BCUT2D eigenvalue weighted by atomic mass is 16.6. The fourth-order valence-corrected chi connectivity index (χ4v) is 4.24. The Kier molecular flexibility index (Phi) is 5.88. The lowest BCUT2D eigenvalue weighted by Crippen LogP contribution is -2.26.